The second kappa shape index (κ2) is 13.3. The number of halogens is 2. The number of hydrogen-bond donors (Lipinski definition) is 1. The summed E-state index contributed by atoms with van der Waals surface area (Å²) in [6, 6.07) is 18.4. The second-order valence-electron chi connectivity index (χ2n) is 9.15. The zero-order chi connectivity index (χ0) is 28.7. The molecule has 2 amide bonds. The van der Waals surface area contributed by atoms with Gasteiger partial charge in [0.1, 0.15) is 18.3 Å². The fraction of sp³-hybridized carbons (Fsp3) is 0.286. The summed E-state index contributed by atoms with van der Waals surface area (Å²) in [6.07, 6.45) is 0. The average molecular weight is 637 g/mol. The average Bonchev–Trinajstić information content (AvgIpc) is 2.90. The molecule has 0 radical (unpaired) electrons. The largest absolute Gasteiger partial charge is 0.497 e. The SMILES string of the molecule is COc1ccc(S(=O)(=O)N(CC(=O)N(Cc2cccc(Br)c2)C(C)C(=O)NC(C)C)c2ccc(Cl)cc2)cc1. The van der Waals surface area contributed by atoms with Crippen molar-refractivity contribution < 1.29 is 22.7 Å². The number of carbonyl (C=O) groups excluding carboxylic acids is 2. The van der Waals surface area contributed by atoms with Crippen molar-refractivity contribution in [1.29, 1.82) is 0 Å². The molecular formula is C28H31BrClN3O5S. The summed E-state index contributed by atoms with van der Waals surface area (Å²) in [4.78, 5) is 28.2. The molecule has 0 saturated carbocycles. The Labute approximate surface area is 243 Å². The Hall–Kier alpha value is -3.08. The Bertz CT molecular complexity index is 1400. The van der Waals surface area contributed by atoms with Crippen LogP contribution < -0.4 is 14.4 Å². The van der Waals surface area contributed by atoms with Gasteiger partial charge in [0.25, 0.3) is 10.0 Å². The number of benzene rings is 3. The third-order valence-corrected chi connectivity index (χ3v) is 8.41. The monoisotopic (exact) mass is 635 g/mol. The molecule has 3 aromatic rings. The van der Waals surface area contributed by atoms with E-state index in [0.29, 0.717) is 10.8 Å². The Morgan fingerprint density at radius 3 is 2.21 bits per heavy atom. The summed E-state index contributed by atoms with van der Waals surface area (Å²) < 4.78 is 34.6. The minimum atomic E-state index is -4.19. The van der Waals surface area contributed by atoms with Gasteiger partial charge in [-0.05, 0) is 87.0 Å². The maximum absolute atomic E-state index is 13.9. The zero-order valence-corrected chi connectivity index (χ0v) is 25.3. The van der Waals surface area contributed by atoms with Crippen molar-refractivity contribution in [2.24, 2.45) is 0 Å². The van der Waals surface area contributed by atoms with Crippen LogP contribution in [0.1, 0.15) is 26.3 Å². The third-order valence-electron chi connectivity index (χ3n) is 5.88. The predicted molar refractivity (Wildman–Crippen MR) is 156 cm³/mol. The highest BCUT2D eigenvalue weighted by Crippen LogP contribution is 2.27. The van der Waals surface area contributed by atoms with Crippen LogP contribution in [0, 0.1) is 0 Å². The Morgan fingerprint density at radius 2 is 1.64 bits per heavy atom. The molecule has 11 heteroatoms. The fourth-order valence-electron chi connectivity index (χ4n) is 3.83. The predicted octanol–water partition coefficient (Wildman–Crippen LogP) is 5.25. The molecule has 0 heterocycles. The minimum absolute atomic E-state index is 0.0183. The maximum Gasteiger partial charge on any atom is 0.264 e. The zero-order valence-electron chi connectivity index (χ0n) is 22.1. The van der Waals surface area contributed by atoms with Crippen molar-refractivity contribution in [3.8, 4) is 5.75 Å². The van der Waals surface area contributed by atoms with Crippen molar-refractivity contribution in [1.82, 2.24) is 10.2 Å². The first-order valence-electron chi connectivity index (χ1n) is 12.2. The Kier molecular flexibility index (Phi) is 10.4. The first kappa shape index (κ1) is 30.5. The van der Waals surface area contributed by atoms with E-state index in [1.165, 1.54) is 48.4 Å². The van der Waals surface area contributed by atoms with E-state index in [-0.39, 0.29) is 29.1 Å². The highest BCUT2D eigenvalue weighted by molar-refractivity contribution is 9.10. The molecule has 0 spiro atoms. The topological polar surface area (TPSA) is 96.0 Å². The van der Waals surface area contributed by atoms with Crippen LogP contribution in [0.2, 0.25) is 5.02 Å². The van der Waals surface area contributed by atoms with Gasteiger partial charge in [0.2, 0.25) is 11.8 Å². The van der Waals surface area contributed by atoms with Gasteiger partial charge >= 0.3 is 0 Å². The van der Waals surface area contributed by atoms with E-state index >= 15 is 0 Å². The molecule has 0 aliphatic rings. The van der Waals surface area contributed by atoms with Gasteiger partial charge in [-0.2, -0.15) is 0 Å². The summed E-state index contributed by atoms with van der Waals surface area (Å²) in [6.45, 7) is 4.84. The quantitative estimate of drug-likeness (QED) is 0.310. The van der Waals surface area contributed by atoms with E-state index in [0.717, 1.165) is 14.3 Å². The van der Waals surface area contributed by atoms with E-state index in [1.54, 1.807) is 19.1 Å². The molecule has 3 rings (SSSR count). The van der Waals surface area contributed by atoms with E-state index in [2.05, 4.69) is 21.2 Å². The molecule has 1 N–H and O–H groups in total. The van der Waals surface area contributed by atoms with Crippen molar-refractivity contribution in [3.05, 3.63) is 87.9 Å². The number of hydrogen-bond acceptors (Lipinski definition) is 5. The number of carbonyl (C=O) groups is 2. The van der Waals surface area contributed by atoms with Crippen LogP contribution in [0.15, 0.2) is 82.2 Å². The summed E-state index contributed by atoms with van der Waals surface area (Å²) >= 11 is 9.49. The smallest absolute Gasteiger partial charge is 0.264 e. The third kappa shape index (κ3) is 7.97. The molecule has 1 atom stereocenters. The molecule has 0 aliphatic heterocycles. The number of anilines is 1. The number of nitrogens with zero attached hydrogens (tertiary/aromatic N) is 2. The van der Waals surface area contributed by atoms with Crippen LogP contribution in [0.5, 0.6) is 5.75 Å². The highest BCUT2D eigenvalue weighted by Gasteiger charge is 2.32. The van der Waals surface area contributed by atoms with Gasteiger partial charge in [0.15, 0.2) is 0 Å². The van der Waals surface area contributed by atoms with Gasteiger partial charge in [-0.1, -0.05) is 39.7 Å². The summed E-state index contributed by atoms with van der Waals surface area (Å²) in [5, 5.41) is 3.25. The Morgan fingerprint density at radius 1 is 1.00 bits per heavy atom. The Balaban J connectivity index is 2.03. The van der Waals surface area contributed by atoms with E-state index in [1.807, 2.05) is 38.1 Å². The first-order valence-corrected chi connectivity index (χ1v) is 14.8. The number of nitrogens with one attached hydrogen (secondary N) is 1. The van der Waals surface area contributed by atoms with E-state index in [4.69, 9.17) is 16.3 Å². The molecule has 39 heavy (non-hydrogen) atoms. The number of rotatable bonds is 11. The van der Waals surface area contributed by atoms with Crippen molar-refractivity contribution >= 4 is 55.1 Å². The summed E-state index contributed by atoms with van der Waals surface area (Å²) in [5.74, 6) is -0.397. The maximum atomic E-state index is 13.9. The molecular weight excluding hydrogens is 606 g/mol. The molecule has 208 valence electrons. The van der Waals surface area contributed by atoms with Crippen LogP contribution in [-0.2, 0) is 26.2 Å². The van der Waals surface area contributed by atoms with Gasteiger partial charge in [0, 0.05) is 22.1 Å². The second-order valence-corrected chi connectivity index (χ2v) is 12.4. The normalized spacial score (nSPS) is 12.1. The van der Waals surface area contributed by atoms with Crippen molar-refractivity contribution in [3.63, 3.8) is 0 Å². The van der Waals surface area contributed by atoms with Crippen molar-refractivity contribution in [2.45, 2.75) is 44.3 Å². The van der Waals surface area contributed by atoms with Crippen LogP contribution >= 0.6 is 27.5 Å². The number of sulfonamides is 1. The van der Waals surface area contributed by atoms with Gasteiger partial charge in [-0.15, -0.1) is 0 Å². The van der Waals surface area contributed by atoms with Gasteiger partial charge in [-0.3, -0.25) is 13.9 Å². The summed E-state index contributed by atoms with van der Waals surface area (Å²) in [5.41, 5.74) is 1.03. The molecule has 3 aromatic carbocycles. The lowest BCUT2D eigenvalue weighted by Gasteiger charge is -2.32. The van der Waals surface area contributed by atoms with Crippen LogP contribution in [0.25, 0.3) is 0 Å². The lowest BCUT2D eigenvalue weighted by molar-refractivity contribution is -0.139. The lowest BCUT2D eigenvalue weighted by Crippen LogP contribution is -2.52. The van der Waals surface area contributed by atoms with E-state index in [9.17, 15) is 18.0 Å². The molecule has 0 aliphatic carbocycles. The molecule has 8 nitrogen and oxygen atoms in total. The van der Waals surface area contributed by atoms with Crippen molar-refractivity contribution in [2.75, 3.05) is 18.0 Å². The molecule has 1 unspecified atom stereocenters. The molecule has 0 fully saturated rings. The fourth-order valence-corrected chi connectivity index (χ4v) is 5.82. The highest BCUT2D eigenvalue weighted by atomic mass is 79.9. The standard InChI is InChI=1S/C28H31BrClN3O5S/c1-19(2)31-28(35)20(3)32(17-21-6-5-7-22(29)16-21)27(34)18-33(24-10-8-23(30)9-11-24)39(36,37)26-14-12-25(38-4)13-15-26/h5-16,19-20H,17-18H2,1-4H3,(H,31,35). The molecule has 0 aromatic heterocycles. The lowest BCUT2D eigenvalue weighted by atomic mass is 10.1. The number of methoxy groups -OCH3 is 1. The van der Waals surface area contributed by atoms with Gasteiger partial charge < -0.3 is 15.0 Å². The van der Waals surface area contributed by atoms with Gasteiger partial charge in [-0.25, -0.2) is 8.42 Å². The minimum Gasteiger partial charge on any atom is -0.497 e. The summed E-state index contributed by atoms with van der Waals surface area (Å²) in [7, 11) is -2.70. The first-order chi connectivity index (χ1) is 18.4. The number of ether oxygens (including phenoxy) is 1. The molecule has 0 saturated heterocycles. The van der Waals surface area contributed by atoms with Crippen LogP contribution in [-0.4, -0.2) is 50.9 Å². The molecule has 0 bridgehead atoms. The van der Waals surface area contributed by atoms with Gasteiger partial charge in [0.05, 0.1) is 17.7 Å². The van der Waals surface area contributed by atoms with Crippen LogP contribution in [0.4, 0.5) is 5.69 Å². The van der Waals surface area contributed by atoms with E-state index < -0.39 is 28.5 Å². The van der Waals surface area contributed by atoms with Crippen LogP contribution in [0.3, 0.4) is 0 Å². The number of amides is 2.